The first-order valence-corrected chi connectivity index (χ1v) is 14.4. The van der Waals surface area contributed by atoms with Gasteiger partial charge in [0.2, 0.25) is 0 Å². The molecular formula is C32H42O11. The zero-order chi connectivity index (χ0) is 30.9. The molecule has 43 heavy (non-hydrogen) atoms. The van der Waals surface area contributed by atoms with E-state index >= 15 is 0 Å². The van der Waals surface area contributed by atoms with Crippen LogP contribution in [0.15, 0.2) is 60.7 Å². The molecule has 0 aromatic heterocycles. The van der Waals surface area contributed by atoms with Crippen molar-refractivity contribution in [3.8, 4) is 0 Å². The number of aliphatic hydroxyl groups is 1. The standard InChI is InChI=1S/C32H42O11/c1-19-25(24(18-38-21(3)33)41-31(35)27(19)39-16-22-12-8-6-9-13-22)42-32-29(37-5)26(36-4)20(2)28(43-32)30(34)40-17-23-14-10-7-11-15-23/h6-15,19-20,24-29,31-32,35H,16-18H2,1-5H3/t19?,20-,24-,25+,26-,27?,28?,29?,31?,32-/m1/s1. The van der Waals surface area contributed by atoms with E-state index < -0.39 is 73.0 Å². The third kappa shape index (κ3) is 8.39. The third-order valence-corrected chi connectivity index (χ3v) is 7.89. The first-order chi connectivity index (χ1) is 20.7. The lowest BCUT2D eigenvalue weighted by molar-refractivity contribution is -0.347. The van der Waals surface area contributed by atoms with E-state index in [0.717, 1.165) is 11.1 Å². The predicted molar refractivity (Wildman–Crippen MR) is 152 cm³/mol. The van der Waals surface area contributed by atoms with Crippen molar-refractivity contribution in [3.05, 3.63) is 71.8 Å². The second-order valence-corrected chi connectivity index (χ2v) is 10.9. The number of methoxy groups -OCH3 is 2. The summed E-state index contributed by atoms with van der Waals surface area (Å²) >= 11 is 0. The van der Waals surface area contributed by atoms with E-state index in [9.17, 15) is 14.7 Å². The Morgan fingerprint density at radius 3 is 1.95 bits per heavy atom. The molecule has 11 heteroatoms. The van der Waals surface area contributed by atoms with Crippen LogP contribution in [0.2, 0.25) is 0 Å². The third-order valence-electron chi connectivity index (χ3n) is 7.89. The fraction of sp³-hybridized carbons (Fsp3) is 0.562. The molecule has 236 valence electrons. The van der Waals surface area contributed by atoms with Crippen LogP contribution in [0.5, 0.6) is 0 Å². The molecule has 2 fully saturated rings. The Hall–Kier alpha value is -2.90. The van der Waals surface area contributed by atoms with Crippen LogP contribution in [-0.4, -0.2) is 87.1 Å². The molecule has 5 unspecified atom stereocenters. The van der Waals surface area contributed by atoms with Crippen molar-refractivity contribution >= 4 is 11.9 Å². The van der Waals surface area contributed by atoms with Crippen LogP contribution >= 0.6 is 0 Å². The molecule has 2 aliphatic heterocycles. The molecule has 2 aromatic carbocycles. The second-order valence-electron chi connectivity index (χ2n) is 10.9. The number of hydrogen-bond donors (Lipinski definition) is 1. The number of carbonyl (C=O) groups is 2. The topological polar surface area (TPSA) is 128 Å². The molecule has 0 saturated carbocycles. The van der Waals surface area contributed by atoms with Crippen molar-refractivity contribution in [2.75, 3.05) is 20.8 Å². The number of carbonyl (C=O) groups excluding carboxylic acids is 2. The van der Waals surface area contributed by atoms with Crippen LogP contribution in [0, 0.1) is 11.8 Å². The maximum Gasteiger partial charge on any atom is 0.336 e. The lowest BCUT2D eigenvalue weighted by Crippen LogP contribution is -2.62. The van der Waals surface area contributed by atoms with Gasteiger partial charge in [0.05, 0.1) is 18.8 Å². The summed E-state index contributed by atoms with van der Waals surface area (Å²) in [7, 11) is 3.03. The Kier molecular flexibility index (Phi) is 12.1. The van der Waals surface area contributed by atoms with Crippen molar-refractivity contribution in [1.29, 1.82) is 0 Å². The molecule has 1 N–H and O–H groups in total. The molecule has 10 atom stereocenters. The minimum absolute atomic E-state index is 0.0828. The van der Waals surface area contributed by atoms with E-state index in [4.69, 9.17) is 37.9 Å². The van der Waals surface area contributed by atoms with Crippen LogP contribution in [0.4, 0.5) is 0 Å². The summed E-state index contributed by atoms with van der Waals surface area (Å²) in [5.41, 5.74) is 1.76. The summed E-state index contributed by atoms with van der Waals surface area (Å²) in [6, 6.07) is 18.9. The van der Waals surface area contributed by atoms with Crippen molar-refractivity contribution in [2.45, 2.75) is 83.2 Å². The van der Waals surface area contributed by atoms with E-state index in [1.54, 1.807) is 0 Å². The number of rotatable bonds is 12. The fourth-order valence-corrected chi connectivity index (χ4v) is 5.58. The Morgan fingerprint density at radius 2 is 1.37 bits per heavy atom. The van der Waals surface area contributed by atoms with Gasteiger partial charge >= 0.3 is 11.9 Å². The van der Waals surface area contributed by atoms with Gasteiger partial charge < -0.3 is 43.0 Å². The SMILES string of the molecule is COC1[C@H](O[C@H]2C(C)C(OCc3ccccc3)C(O)O[C@@H]2COC(C)=O)OC(C(=O)OCc2ccccc2)[C@H](C)[C@H]1OC. The molecule has 2 aromatic rings. The smallest absolute Gasteiger partial charge is 0.336 e. The van der Waals surface area contributed by atoms with E-state index in [1.807, 2.05) is 74.5 Å². The number of benzene rings is 2. The number of hydrogen-bond acceptors (Lipinski definition) is 11. The molecule has 0 aliphatic carbocycles. The molecule has 0 bridgehead atoms. The van der Waals surface area contributed by atoms with Gasteiger partial charge in [-0.25, -0.2) is 4.79 Å². The maximum atomic E-state index is 13.3. The van der Waals surface area contributed by atoms with Gasteiger partial charge in [-0.2, -0.15) is 0 Å². The molecule has 4 rings (SSSR count). The number of esters is 2. The van der Waals surface area contributed by atoms with Crippen molar-refractivity contribution in [2.24, 2.45) is 11.8 Å². The first-order valence-electron chi connectivity index (χ1n) is 14.4. The van der Waals surface area contributed by atoms with Crippen LogP contribution < -0.4 is 0 Å². The normalized spacial score (nSPS) is 32.6. The van der Waals surface area contributed by atoms with E-state index in [1.165, 1.54) is 21.1 Å². The molecule has 2 aliphatic rings. The Balaban J connectivity index is 1.54. The van der Waals surface area contributed by atoms with Gasteiger partial charge in [0, 0.05) is 33.0 Å². The fourth-order valence-electron chi connectivity index (χ4n) is 5.58. The van der Waals surface area contributed by atoms with Gasteiger partial charge in [0.15, 0.2) is 18.7 Å². The quantitative estimate of drug-likeness (QED) is 0.360. The average molecular weight is 603 g/mol. The zero-order valence-corrected chi connectivity index (χ0v) is 25.2. The summed E-state index contributed by atoms with van der Waals surface area (Å²) < 4.78 is 47.1. The monoisotopic (exact) mass is 602 g/mol. The second kappa shape index (κ2) is 15.7. The molecule has 2 heterocycles. The van der Waals surface area contributed by atoms with Crippen molar-refractivity contribution in [3.63, 3.8) is 0 Å². The first kappa shape index (κ1) is 33.0. The summed E-state index contributed by atoms with van der Waals surface area (Å²) in [4.78, 5) is 24.9. The lowest BCUT2D eigenvalue weighted by atomic mass is 9.88. The van der Waals surface area contributed by atoms with Gasteiger partial charge in [-0.3, -0.25) is 4.79 Å². The van der Waals surface area contributed by atoms with E-state index in [-0.39, 0.29) is 19.8 Å². The maximum absolute atomic E-state index is 13.3. The molecule has 0 amide bonds. The number of aliphatic hydroxyl groups excluding tert-OH is 1. The van der Waals surface area contributed by atoms with Gasteiger partial charge in [0.1, 0.15) is 31.5 Å². The van der Waals surface area contributed by atoms with Gasteiger partial charge in [-0.1, -0.05) is 74.5 Å². The largest absolute Gasteiger partial charge is 0.463 e. The Labute approximate surface area is 252 Å². The molecule has 0 spiro atoms. The van der Waals surface area contributed by atoms with Gasteiger partial charge in [-0.05, 0) is 11.1 Å². The van der Waals surface area contributed by atoms with Gasteiger partial charge in [0.25, 0.3) is 0 Å². The van der Waals surface area contributed by atoms with E-state index in [2.05, 4.69) is 0 Å². The van der Waals surface area contributed by atoms with Crippen LogP contribution in [0.1, 0.15) is 31.9 Å². The van der Waals surface area contributed by atoms with Crippen molar-refractivity contribution in [1.82, 2.24) is 0 Å². The summed E-state index contributed by atoms with van der Waals surface area (Å²) in [5.74, 6) is -1.97. The summed E-state index contributed by atoms with van der Waals surface area (Å²) in [5, 5.41) is 10.9. The summed E-state index contributed by atoms with van der Waals surface area (Å²) in [6.45, 7) is 5.09. The number of ether oxygens (including phenoxy) is 8. The van der Waals surface area contributed by atoms with Crippen molar-refractivity contribution < 1.29 is 52.6 Å². The van der Waals surface area contributed by atoms with Crippen LogP contribution in [0.3, 0.4) is 0 Å². The molecular weight excluding hydrogens is 560 g/mol. The van der Waals surface area contributed by atoms with Gasteiger partial charge in [-0.15, -0.1) is 0 Å². The molecule has 2 saturated heterocycles. The molecule has 0 radical (unpaired) electrons. The summed E-state index contributed by atoms with van der Waals surface area (Å²) in [6.07, 6.45) is -7.18. The predicted octanol–water partition coefficient (Wildman–Crippen LogP) is 3.01. The highest BCUT2D eigenvalue weighted by molar-refractivity contribution is 5.75. The van der Waals surface area contributed by atoms with E-state index in [0.29, 0.717) is 0 Å². The highest BCUT2D eigenvalue weighted by Gasteiger charge is 2.52. The Morgan fingerprint density at radius 1 is 0.767 bits per heavy atom. The highest BCUT2D eigenvalue weighted by atomic mass is 16.7. The lowest BCUT2D eigenvalue weighted by Gasteiger charge is -2.48. The highest BCUT2D eigenvalue weighted by Crippen LogP contribution is 2.36. The zero-order valence-electron chi connectivity index (χ0n) is 25.2. The Bertz CT molecular complexity index is 1150. The average Bonchev–Trinajstić information content (AvgIpc) is 3.01. The van der Waals surface area contributed by atoms with Crippen LogP contribution in [0.25, 0.3) is 0 Å². The van der Waals surface area contributed by atoms with Crippen LogP contribution in [-0.2, 0) is 60.7 Å². The minimum Gasteiger partial charge on any atom is -0.463 e. The minimum atomic E-state index is -1.31. The molecule has 11 nitrogen and oxygen atoms in total.